The van der Waals surface area contributed by atoms with Crippen molar-refractivity contribution in [3.63, 3.8) is 0 Å². The van der Waals surface area contributed by atoms with Crippen molar-refractivity contribution >= 4 is 33.0 Å². The zero-order valence-electron chi connectivity index (χ0n) is 20.7. The van der Waals surface area contributed by atoms with E-state index in [0.29, 0.717) is 32.1 Å². The van der Waals surface area contributed by atoms with Gasteiger partial charge in [0.15, 0.2) is 0 Å². The molecule has 35 heavy (non-hydrogen) atoms. The van der Waals surface area contributed by atoms with E-state index in [0.717, 1.165) is 17.7 Å². The predicted octanol–water partition coefficient (Wildman–Crippen LogP) is 5.02. The van der Waals surface area contributed by atoms with Crippen LogP contribution in [0.1, 0.15) is 57.2 Å². The summed E-state index contributed by atoms with van der Waals surface area (Å²) in [4.78, 5) is 25.8. The summed E-state index contributed by atoms with van der Waals surface area (Å²) in [5, 5.41) is 31.5. The molecule has 4 atom stereocenters. The molecule has 0 saturated heterocycles. The Kier molecular flexibility index (Phi) is 9.99. The number of aliphatic hydroxyl groups excluding tert-OH is 3. The Hall–Kier alpha value is -2.12. The van der Waals surface area contributed by atoms with Gasteiger partial charge < -0.3 is 15.3 Å². The normalized spacial score (nSPS) is 23.1. The minimum atomic E-state index is -0.830. The molecule has 1 heterocycles. The Bertz CT molecular complexity index is 1020. The van der Waals surface area contributed by atoms with E-state index < -0.39 is 17.6 Å². The Morgan fingerprint density at radius 2 is 1.91 bits per heavy atom. The summed E-state index contributed by atoms with van der Waals surface area (Å²) in [5.74, 6) is -0.473. The lowest BCUT2D eigenvalue weighted by molar-refractivity contribution is -0.129. The van der Waals surface area contributed by atoms with Crippen LogP contribution in [0.15, 0.2) is 54.6 Å². The molecule has 1 aromatic carbocycles. The van der Waals surface area contributed by atoms with E-state index in [1.165, 1.54) is 10.1 Å². The van der Waals surface area contributed by atoms with Crippen LogP contribution in [0.4, 0.5) is 0 Å². The zero-order chi connectivity index (χ0) is 25.4. The fraction of sp³-hybridized carbons (Fsp3) is 0.517. The van der Waals surface area contributed by atoms with Crippen molar-refractivity contribution in [3.05, 3.63) is 59.5 Å². The van der Waals surface area contributed by atoms with E-state index in [1.807, 2.05) is 30.4 Å². The average molecular weight is 499 g/mol. The molecule has 0 bridgehead atoms. The van der Waals surface area contributed by atoms with Crippen molar-refractivity contribution in [1.82, 2.24) is 0 Å². The van der Waals surface area contributed by atoms with Gasteiger partial charge in [-0.3, -0.25) is 9.59 Å². The number of thiophene rings is 1. The first-order valence-corrected chi connectivity index (χ1v) is 13.4. The number of unbranched alkanes of at least 4 members (excludes halogenated alkanes) is 1. The molecular formula is C29H38O5S. The van der Waals surface area contributed by atoms with Gasteiger partial charge in [-0.05, 0) is 43.2 Å². The first-order chi connectivity index (χ1) is 16.7. The molecule has 1 fully saturated rings. The van der Waals surface area contributed by atoms with Gasteiger partial charge in [0.05, 0.1) is 17.6 Å². The highest BCUT2D eigenvalue weighted by Crippen LogP contribution is 2.44. The summed E-state index contributed by atoms with van der Waals surface area (Å²) in [6.07, 6.45) is 10.0. The Labute approximate surface area is 212 Å². The van der Waals surface area contributed by atoms with Gasteiger partial charge >= 0.3 is 0 Å². The van der Waals surface area contributed by atoms with Crippen LogP contribution in [0.25, 0.3) is 10.1 Å². The number of hydrogen-bond acceptors (Lipinski definition) is 6. The highest BCUT2D eigenvalue weighted by atomic mass is 32.1. The van der Waals surface area contributed by atoms with Gasteiger partial charge in [-0.1, -0.05) is 56.4 Å². The Morgan fingerprint density at radius 1 is 1.17 bits per heavy atom. The number of fused-ring (bicyclic) bond motifs is 1. The molecule has 0 amide bonds. The number of Topliss-reactive ketones (excluding diaryl/α,β-unsaturated/α-hetero) is 2. The average Bonchev–Trinajstić information content (AvgIpc) is 3.30. The molecule has 1 saturated carbocycles. The second-order valence-electron chi connectivity index (χ2n) is 10.1. The van der Waals surface area contributed by atoms with E-state index in [9.17, 15) is 19.8 Å². The predicted molar refractivity (Wildman–Crippen MR) is 141 cm³/mol. The smallest absolute Gasteiger partial charge is 0.145 e. The van der Waals surface area contributed by atoms with Crippen molar-refractivity contribution < 1.29 is 24.9 Å². The number of allylic oxidation sites excluding steroid dienone is 2. The van der Waals surface area contributed by atoms with E-state index in [-0.39, 0.29) is 30.0 Å². The number of carbonyl (C=O) groups is 2. The van der Waals surface area contributed by atoms with Crippen molar-refractivity contribution in [2.24, 2.45) is 17.3 Å². The molecule has 1 unspecified atom stereocenters. The molecule has 190 valence electrons. The monoisotopic (exact) mass is 498 g/mol. The van der Waals surface area contributed by atoms with Gasteiger partial charge in [0, 0.05) is 47.3 Å². The lowest BCUT2D eigenvalue weighted by Gasteiger charge is -2.22. The lowest BCUT2D eigenvalue weighted by atomic mass is 9.86. The van der Waals surface area contributed by atoms with Crippen molar-refractivity contribution in [1.29, 1.82) is 0 Å². The molecule has 5 nitrogen and oxygen atoms in total. The molecule has 1 aliphatic rings. The maximum Gasteiger partial charge on any atom is 0.145 e. The maximum atomic E-state index is 13.0. The van der Waals surface area contributed by atoms with Crippen molar-refractivity contribution in [3.8, 4) is 0 Å². The first kappa shape index (κ1) is 27.5. The van der Waals surface area contributed by atoms with Crippen LogP contribution in [-0.2, 0) is 16.0 Å². The molecule has 1 aromatic heterocycles. The minimum absolute atomic E-state index is 0.0426. The summed E-state index contributed by atoms with van der Waals surface area (Å²) in [7, 11) is 0. The number of hydrogen-bond donors (Lipinski definition) is 3. The van der Waals surface area contributed by atoms with Crippen LogP contribution in [0.3, 0.4) is 0 Å². The van der Waals surface area contributed by atoms with Crippen LogP contribution in [0.2, 0.25) is 0 Å². The lowest BCUT2D eigenvalue weighted by Crippen LogP contribution is -2.31. The minimum Gasteiger partial charge on any atom is -0.396 e. The third kappa shape index (κ3) is 7.20. The van der Waals surface area contributed by atoms with Crippen LogP contribution in [-0.4, -0.2) is 45.7 Å². The highest BCUT2D eigenvalue weighted by molar-refractivity contribution is 7.19. The summed E-state index contributed by atoms with van der Waals surface area (Å²) in [5.41, 5.74) is -0.830. The van der Waals surface area contributed by atoms with Gasteiger partial charge in [0.2, 0.25) is 0 Å². The third-order valence-corrected chi connectivity index (χ3v) is 8.12. The van der Waals surface area contributed by atoms with Gasteiger partial charge in [-0.2, -0.15) is 0 Å². The SMILES string of the molecule is CC1(C)C(=O)[C@H](C/C=C\CCCC(=O)CCCO)[C@@H](/C=C/C(O)Cc2cc3ccccc3s2)[C@@H]1O. The number of aliphatic hydroxyl groups is 3. The molecule has 3 rings (SSSR count). The van der Waals surface area contributed by atoms with Crippen LogP contribution in [0.5, 0.6) is 0 Å². The quantitative estimate of drug-likeness (QED) is 0.266. The largest absolute Gasteiger partial charge is 0.396 e. The first-order valence-electron chi connectivity index (χ1n) is 12.6. The molecule has 2 aromatic rings. The second-order valence-corrected chi connectivity index (χ2v) is 11.3. The molecule has 0 aliphatic heterocycles. The fourth-order valence-electron chi connectivity index (χ4n) is 4.85. The van der Waals surface area contributed by atoms with Crippen LogP contribution < -0.4 is 0 Å². The van der Waals surface area contributed by atoms with E-state index in [1.54, 1.807) is 31.3 Å². The van der Waals surface area contributed by atoms with Gasteiger partial charge in [0.25, 0.3) is 0 Å². The molecule has 3 N–H and O–H groups in total. The summed E-state index contributed by atoms with van der Waals surface area (Å²) >= 11 is 1.67. The standard InChI is InChI=1S/C29H38O5S/c1-29(2)27(33)24(13-6-4-3-5-11-21(31)12-9-17-30)25(28(29)34)16-15-22(32)19-23-18-20-10-7-8-14-26(20)35-23/h4,6-8,10,14-16,18,22,24-25,28,30,32,34H,3,5,9,11-13,17,19H2,1-2H3/b6-4-,16-15+/t22?,24-,25-,28+/m1/s1. The fourth-order valence-corrected chi connectivity index (χ4v) is 5.96. The maximum absolute atomic E-state index is 13.0. The molecule has 1 aliphatic carbocycles. The Balaban J connectivity index is 1.56. The van der Waals surface area contributed by atoms with Crippen molar-refractivity contribution in [2.45, 2.75) is 71.0 Å². The van der Waals surface area contributed by atoms with E-state index in [2.05, 4.69) is 18.2 Å². The highest BCUT2D eigenvalue weighted by Gasteiger charge is 2.52. The molecule has 0 radical (unpaired) electrons. The van der Waals surface area contributed by atoms with Gasteiger partial charge in [-0.25, -0.2) is 0 Å². The van der Waals surface area contributed by atoms with Gasteiger partial charge in [-0.15, -0.1) is 11.3 Å². The van der Waals surface area contributed by atoms with Gasteiger partial charge in [0.1, 0.15) is 11.6 Å². The number of benzene rings is 1. The van der Waals surface area contributed by atoms with E-state index in [4.69, 9.17) is 5.11 Å². The van der Waals surface area contributed by atoms with Crippen molar-refractivity contribution in [2.75, 3.05) is 6.61 Å². The number of ketones is 2. The molecule has 6 heteroatoms. The molecular weight excluding hydrogens is 460 g/mol. The zero-order valence-corrected chi connectivity index (χ0v) is 21.5. The summed E-state index contributed by atoms with van der Waals surface area (Å²) < 4.78 is 1.19. The Morgan fingerprint density at radius 3 is 2.66 bits per heavy atom. The van der Waals surface area contributed by atoms with E-state index >= 15 is 0 Å². The topological polar surface area (TPSA) is 94.8 Å². The van der Waals surface area contributed by atoms with Crippen LogP contribution in [0, 0.1) is 17.3 Å². The summed E-state index contributed by atoms with van der Waals surface area (Å²) in [6.45, 7) is 3.62. The number of rotatable bonds is 13. The molecule has 0 spiro atoms. The number of carbonyl (C=O) groups excluding carboxylic acids is 2. The third-order valence-electron chi connectivity index (χ3n) is 6.98. The summed E-state index contributed by atoms with van der Waals surface area (Å²) in [6, 6.07) is 10.2. The van der Waals surface area contributed by atoms with Crippen LogP contribution >= 0.6 is 11.3 Å². The second kappa shape index (κ2) is 12.7.